The number of rotatable bonds is 7. The number of hydrogen-bond donors (Lipinski definition) is 2. The first-order chi connectivity index (χ1) is 8.33. The molecule has 18 heavy (non-hydrogen) atoms. The van der Waals surface area contributed by atoms with E-state index in [-0.39, 0.29) is 24.0 Å². The molecule has 1 aliphatic rings. The van der Waals surface area contributed by atoms with E-state index in [9.17, 15) is 0 Å². The summed E-state index contributed by atoms with van der Waals surface area (Å²) in [6, 6.07) is 0. The Morgan fingerprint density at radius 2 is 2.17 bits per heavy atom. The number of ether oxygens (including phenoxy) is 2. The highest BCUT2D eigenvalue weighted by Crippen LogP contribution is 1.97. The highest BCUT2D eigenvalue weighted by molar-refractivity contribution is 14.0. The molecule has 0 saturated carbocycles. The van der Waals surface area contributed by atoms with Crippen molar-refractivity contribution in [2.75, 3.05) is 59.7 Å². The first-order valence-corrected chi connectivity index (χ1v) is 6.16. The Labute approximate surface area is 126 Å². The molecule has 1 aliphatic heterocycles. The largest absolute Gasteiger partial charge is 0.383 e. The second-order valence-electron chi connectivity index (χ2n) is 3.99. The zero-order valence-corrected chi connectivity index (χ0v) is 13.4. The van der Waals surface area contributed by atoms with Crippen LogP contribution >= 0.6 is 24.0 Å². The Kier molecular flexibility index (Phi) is 11.9. The maximum atomic E-state index is 5.68. The predicted molar refractivity (Wildman–Crippen MR) is 83.7 cm³/mol. The van der Waals surface area contributed by atoms with Crippen molar-refractivity contribution >= 4 is 29.9 Å². The van der Waals surface area contributed by atoms with Gasteiger partial charge < -0.3 is 20.5 Å². The highest BCUT2D eigenvalue weighted by atomic mass is 127. The van der Waals surface area contributed by atoms with E-state index < -0.39 is 0 Å². The van der Waals surface area contributed by atoms with E-state index in [4.69, 9.17) is 15.2 Å². The van der Waals surface area contributed by atoms with Crippen molar-refractivity contribution in [1.29, 1.82) is 0 Å². The molecule has 6 nitrogen and oxygen atoms in total. The summed E-state index contributed by atoms with van der Waals surface area (Å²) in [4.78, 5) is 6.65. The van der Waals surface area contributed by atoms with Crippen LogP contribution in [-0.2, 0) is 9.47 Å². The van der Waals surface area contributed by atoms with Crippen molar-refractivity contribution < 1.29 is 9.47 Å². The van der Waals surface area contributed by atoms with Gasteiger partial charge in [-0.1, -0.05) is 0 Å². The van der Waals surface area contributed by atoms with Crippen LogP contribution in [0.5, 0.6) is 0 Å². The molecular formula is C11H25IN4O2. The minimum Gasteiger partial charge on any atom is -0.383 e. The molecule has 0 aromatic carbocycles. The average Bonchev–Trinajstić information content (AvgIpc) is 2.36. The van der Waals surface area contributed by atoms with Crippen LogP contribution in [0.1, 0.15) is 6.42 Å². The summed E-state index contributed by atoms with van der Waals surface area (Å²) in [7, 11) is 1.66. The average molecular weight is 372 g/mol. The quantitative estimate of drug-likeness (QED) is 0.282. The molecule has 0 radical (unpaired) electrons. The lowest BCUT2D eigenvalue weighted by Gasteiger charge is -2.26. The third-order valence-corrected chi connectivity index (χ3v) is 2.63. The number of nitrogens with two attached hydrogens (primary N) is 1. The van der Waals surface area contributed by atoms with Crippen LogP contribution in [0.3, 0.4) is 0 Å². The molecule has 1 fully saturated rings. The number of morpholine rings is 1. The lowest BCUT2D eigenvalue weighted by atomic mass is 10.3. The standard InChI is InChI=1S/C11H24N4O2.HI/c1-16-8-4-14-11(12)13-3-2-5-15-6-9-17-10-7-15;/h2-10H2,1H3,(H3,12,13,14);1H. The Bertz CT molecular complexity index is 223. The van der Waals surface area contributed by atoms with Gasteiger partial charge in [0.2, 0.25) is 0 Å². The van der Waals surface area contributed by atoms with E-state index in [2.05, 4.69) is 15.2 Å². The fraction of sp³-hybridized carbons (Fsp3) is 0.909. The van der Waals surface area contributed by atoms with E-state index in [1.165, 1.54) is 0 Å². The van der Waals surface area contributed by atoms with Crippen molar-refractivity contribution in [3.8, 4) is 0 Å². The van der Waals surface area contributed by atoms with Gasteiger partial charge in [-0.3, -0.25) is 9.89 Å². The van der Waals surface area contributed by atoms with Crippen LogP contribution in [0.4, 0.5) is 0 Å². The smallest absolute Gasteiger partial charge is 0.188 e. The van der Waals surface area contributed by atoms with Gasteiger partial charge in [0.15, 0.2) is 5.96 Å². The molecule has 1 rings (SSSR count). The van der Waals surface area contributed by atoms with Gasteiger partial charge in [0, 0.05) is 39.8 Å². The third-order valence-electron chi connectivity index (χ3n) is 2.63. The van der Waals surface area contributed by atoms with Crippen LogP contribution in [0.15, 0.2) is 4.99 Å². The van der Waals surface area contributed by atoms with Crippen LogP contribution in [0.25, 0.3) is 0 Å². The van der Waals surface area contributed by atoms with Crippen molar-refractivity contribution in [2.45, 2.75) is 6.42 Å². The maximum absolute atomic E-state index is 5.68. The van der Waals surface area contributed by atoms with Gasteiger partial charge in [0.1, 0.15) is 0 Å². The van der Waals surface area contributed by atoms with Gasteiger partial charge in [-0.2, -0.15) is 0 Å². The van der Waals surface area contributed by atoms with Gasteiger partial charge in [-0.15, -0.1) is 24.0 Å². The Balaban J connectivity index is 0.00000289. The number of hydrogen-bond acceptors (Lipinski definition) is 4. The Morgan fingerprint density at radius 3 is 2.83 bits per heavy atom. The SMILES string of the molecule is COCCNC(N)=NCCCN1CCOCC1.I. The molecule has 1 saturated heterocycles. The number of nitrogens with one attached hydrogen (secondary N) is 1. The van der Waals surface area contributed by atoms with Crippen molar-refractivity contribution in [3.63, 3.8) is 0 Å². The first kappa shape index (κ1) is 17.9. The molecular weight excluding hydrogens is 347 g/mol. The lowest BCUT2D eigenvalue weighted by Crippen LogP contribution is -2.37. The second-order valence-corrected chi connectivity index (χ2v) is 3.99. The fourth-order valence-electron chi connectivity index (χ4n) is 1.66. The third kappa shape index (κ3) is 8.90. The molecule has 0 amide bonds. The number of methoxy groups -OCH3 is 1. The molecule has 0 aliphatic carbocycles. The number of halogens is 1. The fourth-order valence-corrected chi connectivity index (χ4v) is 1.66. The Hall–Kier alpha value is -0.120. The molecule has 1 heterocycles. The summed E-state index contributed by atoms with van der Waals surface area (Å²) in [5.41, 5.74) is 5.68. The molecule has 0 spiro atoms. The van der Waals surface area contributed by atoms with Crippen LogP contribution < -0.4 is 11.1 Å². The van der Waals surface area contributed by atoms with E-state index in [0.29, 0.717) is 19.1 Å². The normalized spacial score (nSPS) is 17.3. The molecule has 3 N–H and O–H groups in total. The van der Waals surface area contributed by atoms with E-state index >= 15 is 0 Å². The van der Waals surface area contributed by atoms with Crippen LogP contribution in [0, 0.1) is 0 Å². The predicted octanol–water partition coefficient (Wildman–Crippen LogP) is -0.123. The lowest BCUT2D eigenvalue weighted by molar-refractivity contribution is 0.0377. The topological polar surface area (TPSA) is 72.1 Å². The summed E-state index contributed by atoms with van der Waals surface area (Å²) < 4.78 is 10.2. The van der Waals surface area contributed by atoms with Crippen LogP contribution in [0.2, 0.25) is 0 Å². The summed E-state index contributed by atoms with van der Waals surface area (Å²) in [5.74, 6) is 0.504. The molecule has 0 aromatic heterocycles. The maximum Gasteiger partial charge on any atom is 0.188 e. The zero-order valence-electron chi connectivity index (χ0n) is 11.1. The Morgan fingerprint density at radius 1 is 1.44 bits per heavy atom. The minimum absolute atomic E-state index is 0. The summed E-state index contributed by atoms with van der Waals surface area (Å²) >= 11 is 0. The molecule has 7 heteroatoms. The van der Waals surface area contributed by atoms with E-state index in [0.717, 1.165) is 45.8 Å². The van der Waals surface area contributed by atoms with Crippen LogP contribution in [-0.4, -0.2) is 70.5 Å². The molecule has 0 atom stereocenters. The van der Waals surface area contributed by atoms with Gasteiger partial charge in [0.05, 0.1) is 19.8 Å². The van der Waals surface area contributed by atoms with E-state index in [1.807, 2.05) is 0 Å². The zero-order chi connectivity index (χ0) is 12.3. The molecule has 108 valence electrons. The van der Waals surface area contributed by atoms with Gasteiger partial charge in [-0.25, -0.2) is 0 Å². The molecule has 0 aromatic rings. The summed E-state index contributed by atoms with van der Waals surface area (Å²) in [6.07, 6.45) is 1.03. The molecule has 0 unspecified atom stereocenters. The van der Waals surface area contributed by atoms with Gasteiger partial charge in [-0.05, 0) is 6.42 Å². The van der Waals surface area contributed by atoms with Crippen molar-refractivity contribution in [2.24, 2.45) is 10.7 Å². The number of nitrogens with zero attached hydrogens (tertiary/aromatic N) is 2. The highest BCUT2D eigenvalue weighted by Gasteiger charge is 2.08. The minimum atomic E-state index is 0. The summed E-state index contributed by atoms with van der Waals surface area (Å²) in [6.45, 7) is 6.95. The first-order valence-electron chi connectivity index (χ1n) is 6.16. The van der Waals surface area contributed by atoms with Gasteiger partial charge >= 0.3 is 0 Å². The second kappa shape index (κ2) is 11.9. The van der Waals surface area contributed by atoms with Gasteiger partial charge in [0.25, 0.3) is 0 Å². The molecule has 0 bridgehead atoms. The van der Waals surface area contributed by atoms with Crippen molar-refractivity contribution in [3.05, 3.63) is 0 Å². The summed E-state index contributed by atoms with van der Waals surface area (Å²) in [5, 5.41) is 2.99. The number of aliphatic imine (C=N–C) groups is 1. The number of guanidine groups is 1. The van der Waals surface area contributed by atoms with Crippen molar-refractivity contribution in [1.82, 2.24) is 10.2 Å². The van der Waals surface area contributed by atoms with E-state index in [1.54, 1.807) is 7.11 Å². The monoisotopic (exact) mass is 372 g/mol.